The first-order chi connectivity index (χ1) is 9.16. The Morgan fingerprint density at radius 1 is 1.32 bits per heavy atom. The van der Waals surface area contributed by atoms with E-state index in [1.165, 1.54) is 24.8 Å². The monoisotopic (exact) mass is 260 g/mol. The van der Waals surface area contributed by atoms with Crippen LogP contribution in [-0.2, 0) is 0 Å². The first kappa shape index (κ1) is 12.9. The van der Waals surface area contributed by atoms with Crippen LogP contribution in [0.5, 0.6) is 0 Å². The molecule has 1 aromatic heterocycles. The van der Waals surface area contributed by atoms with Gasteiger partial charge >= 0.3 is 0 Å². The van der Waals surface area contributed by atoms with E-state index >= 15 is 0 Å². The zero-order valence-electron chi connectivity index (χ0n) is 11.9. The van der Waals surface area contributed by atoms with Gasteiger partial charge in [0.2, 0.25) is 0 Å². The number of hydrogen-bond donors (Lipinski definition) is 1. The average Bonchev–Trinajstić information content (AvgIpc) is 2.63. The fraction of sp³-hybridized carbons (Fsp3) is 0.667. The molecule has 0 aliphatic carbocycles. The predicted molar refractivity (Wildman–Crippen MR) is 78.2 cm³/mol. The van der Waals surface area contributed by atoms with E-state index in [-0.39, 0.29) is 6.04 Å². The first-order valence-corrected chi connectivity index (χ1v) is 7.34. The highest BCUT2D eigenvalue weighted by Gasteiger charge is 2.35. The maximum absolute atomic E-state index is 6.09. The van der Waals surface area contributed by atoms with Gasteiger partial charge in [-0.1, -0.05) is 6.07 Å². The molecule has 2 N–H and O–H groups in total. The third kappa shape index (κ3) is 2.35. The van der Waals surface area contributed by atoms with Gasteiger partial charge < -0.3 is 10.6 Å². The van der Waals surface area contributed by atoms with E-state index in [2.05, 4.69) is 27.9 Å². The third-order valence-corrected chi connectivity index (χ3v) is 4.76. The number of aromatic nitrogens is 1. The largest absolute Gasteiger partial charge is 0.355 e. The number of likely N-dealkylation sites (N-methyl/N-ethyl adjacent to an activating group) is 1. The van der Waals surface area contributed by atoms with E-state index in [0.717, 1.165) is 24.9 Å². The SMILES string of the molecule is CC(N)c1cccnc1N1CCC2CCC(C1)N2C. The summed E-state index contributed by atoms with van der Waals surface area (Å²) in [5.41, 5.74) is 7.26. The van der Waals surface area contributed by atoms with Gasteiger partial charge in [-0.05, 0) is 39.3 Å². The highest BCUT2D eigenvalue weighted by atomic mass is 15.3. The Balaban J connectivity index is 1.87. The van der Waals surface area contributed by atoms with Crippen molar-refractivity contribution in [3.8, 4) is 0 Å². The van der Waals surface area contributed by atoms with Crippen LogP contribution in [0.25, 0.3) is 0 Å². The molecule has 3 atom stereocenters. The lowest BCUT2D eigenvalue weighted by molar-refractivity contribution is 0.254. The number of pyridine rings is 1. The van der Waals surface area contributed by atoms with Gasteiger partial charge in [0.1, 0.15) is 5.82 Å². The molecule has 2 fully saturated rings. The van der Waals surface area contributed by atoms with Crippen LogP contribution in [0.4, 0.5) is 5.82 Å². The van der Waals surface area contributed by atoms with E-state index in [0.29, 0.717) is 6.04 Å². The summed E-state index contributed by atoms with van der Waals surface area (Å²) in [7, 11) is 2.27. The van der Waals surface area contributed by atoms with E-state index in [1.807, 2.05) is 19.2 Å². The van der Waals surface area contributed by atoms with Crippen LogP contribution in [0.1, 0.15) is 37.8 Å². The van der Waals surface area contributed by atoms with Gasteiger partial charge in [-0.15, -0.1) is 0 Å². The smallest absolute Gasteiger partial charge is 0.133 e. The minimum atomic E-state index is 0.0434. The fourth-order valence-electron chi connectivity index (χ4n) is 3.53. The normalized spacial score (nSPS) is 29.3. The summed E-state index contributed by atoms with van der Waals surface area (Å²) in [6.07, 6.45) is 5.80. The van der Waals surface area contributed by atoms with Crippen LogP contribution < -0.4 is 10.6 Å². The zero-order valence-corrected chi connectivity index (χ0v) is 11.9. The molecule has 19 heavy (non-hydrogen) atoms. The molecule has 0 amide bonds. The second kappa shape index (κ2) is 5.10. The fourth-order valence-corrected chi connectivity index (χ4v) is 3.53. The number of nitrogens with zero attached hydrogens (tertiary/aromatic N) is 3. The third-order valence-electron chi connectivity index (χ3n) is 4.76. The Bertz CT molecular complexity index is 446. The van der Waals surface area contributed by atoms with Crippen molar-refractivity contribution < 1.29 is 0 Å². The Hall–Kier alpha value is -1.13. The molecule has 104 valence electrons. The summed E-state index contributed by atoms with van der Waals surface area (Å²) in [5, 5.41) is 0. The van der Waals surface area contributed by atoms with Crippen LogP contribution in [-0.4, -0.2) is 42.1 Å². The minimum absolute atomic E-state index is 0.0434. The quantitative estimate of drug-likeness (QED) is 0.880. The molecule has 3 unspecified atom stereocenters. The minimum Gasteiger partial charge on any atom is -0.355 e. The predicted octanol–water partition coefficient (Wildman–Crippen LogP) is 1.77. The van der Waals surface area contributed by atoms with Crippen molar-refractivity contribution in [2.24, 2.45) is 5.73 Å². The number of fused-ring (bicyclic) bond motifs is 2. The lowest BCUT2D eigenvalue weighted by Gasteiger charge is -2.29. The van der Waals surface area contributed by atoms with Gasteiger partial charge in [-0.2, -0.15) is 0 Å². The van der Waals surface area contributed by atoms with Crippen molar-refractivity contribution in [3.05, 3.63) is 23.9 Å². The van der Waals surface area contributed by atoms with Gasteiger partial charge in [0.05, 0.1) is 0 Å². The zero-order chi connectivity index (χ0) is 13.4. The molecule has 3 rings (SSSR count). The number of anilines is 1. The maximum atomic E-state index is 6.09. The molecule has 0 aromatic carbocycles. The molecule has 0 radical (unpaired) electrons. The van der Waals surface area contributed by atoms with Gasteiger partial charge in [0.15, 0.2) is 0 Å². The van der Waals surface area contributed by atoms with Crippen LogP contribution in [0.2, 0.25) is 0 Å². The van der Waals surface area contributed by atoms with E-state index in [1.54, 1.807) is 0 Å². The molecule has 3 heterocycles. The Labute approximate surface area is 115 Å². The average molecular weight is 260 g/mol. The number of nitrogens with two attached hydrogens (primary N) is 1. The van der Waals surface area contributed by atoms with Crippen LogP contribution >= 0.6 is 0 Å². The molecule has 2 bridgehead atoms. The van der Waals surface area contributed by atoms with E-state index in [9.17, 15) is 0 Å². The second-order valence-electron chi connectivity index (χ2n) is 5.99. The summed E-state index contributed by atoms with van der Waals surface area (Å²) in [6, 6.07) is 5.58. The molecule has 1 aromatic rings. The molecule has 4 nitrogen and oxygen atoms in total. The van der Waals surface area contributed by atoms with Crippen molar-refractivity contribution in [2.45, 2.75) is 44.3 Å². The van der Waals surface area contributed by atoms with Crippen LogP contribution in [0.15, 0.2) is 18.3 Å². The molecule has 2 aliphatic heterocycles. The summed E-state index contributed by atoms with van der Waals surface area (Å²) >= 11 is 0. The first-order valence-electron chi connectivity index (χ1n) is 7.34. The lowest BCUT2D eigenvalue weighted by Crippen LogP contribution is -2.37. The molecule has 0 spiro atoms. The van der Waals surface area contributed by atoms with Crippen molar-refractivity contribution >= 4 is 5.82 Å². The highest BCUT2D eigenvalue weighted by molar-refractivity contribution is 5.48. The molecule has 2 aliphatic rings. The van der Waals surface area contributed by atoms with Gasteiger partial charge in [-0.3, -0.25) is 4.90 Å². The standard InChI is InChI=1S/C15H24N4/c1-11(16)14-4-3-8-17-15(14)19-9-7-12-5-6-13(10-19)18(12)2/h3-4,8,11-13H,5-7,9-10,16H2,1-2H3. The maximum Gasteiger partial charge on any atom is 0.133 e. The molecular formula is C15H24N4. The Morgan fingerprint density at radius 2 is 2.11 bits per heavy atom. The van der Waals surface area contributed by atoms with Crippen molar-refractivity contribution in [2.75, 3.05) is 25.0 Å². The second-order valence-corrected chi connectivity index (χ2v) is 5.99. The highest BCUT2D eigenvalue weighted by Crippen LogP contribution is 2.32. The molecule has 4 heteroatoms. The van der Waals surface area contributed by atoms with Crippen LogP contribution in [0, 0.1) is 0 Å². The molecule has 0 saturated carbocycles. The van der Waals surface area contributed by atoms with Crippen molar-refractivity contribution in [3.63, 3.8) is 0 Å². The van der Waals surface area contributed by atoms with Gasteiger partial charge in [0, 0.05) is 43.0 Å². The van der Waals surface area contributed by atoms with Gasteiger partial charge in [0.25, 0.3) is 0 Å². The molecule has 2 saturated heterocycles. The van der Waals surface area contributed by atoms with Crippen molar-refractivity contribution in [1.82, 2.24) is 9.88 Å². The number of hydrogen-bond acceptors (Lipinski definition) is 4. The number of rotatable bonds is 2. The van der Waals surface area contributed by atoms with Gasteiger partial charge in [-0.25, -0.2) is 4.98 Å². The summed E-state index contributed by atoms with van der Waals surface area (Å²) < 4.78 is 0. The Kier molecular flexibility index (Phi) is 3.46. The summed E-state index contributed by atoms with van der Waals surface area (Å²) in [6.45, 7) is 4.22. The Morgan fingerprint density at radius 3 is 2.89 bits per heavy atom. The van der Waals surface area contributed by atoms with E-state index < -0.39 is 0 Å². The van der Waals surface area contributed by atoms with Crippen LogP contribution in [0.3, 0.4) is 0 Å². The van der Waals surface area contributed by atoms with E-state index in [4.69, 9.17) is 5.73 Å². The summed E-state index contributed by atoms with van der Waals surface area (Å²) in [4.78, 5) is 9.61. The summed E-state index contributed by atoms with van der Waals surface area (Å²) in [5.74, 6) is 1.10. The molecular weight excluding hydrogens is 236 g/mol. The lowest BCUT2D eigenvalue weighted by atomic mass is 10.1. The van der Waals surface area contributed by atoms with Crippen molar-refractivity contribution in [1.29, 1.82) is 0 Å². The topological polar surface area (TPSA) is 45.4 Å².